The van der Waals surface area contributed by atoms with Crippen LogP contribution in [0.4, 0.5) is 0 Å². The predicted octanol–water partition coefficient (Wildman–Crippen LogP) is 2.43. The molecule has 0 aliphatic heterocycles. The van der Waals surface area contributed by atoms with Crippen molar-refractivity contribution in [2.24, 2.45) is 0 Å². The summed E-state index contributed by atoms with van der Waals surface area (Å²) in [6.45, 7) is 0. The second kappa shape index (κ2) is 2.23. The van der Waals surface area contributed by atoms with Crippen molar-refractivity contribution >= 4 is 33.7 Å². The molecule has 50 valence electrons. The van der Waals surface area contributed by atoms with Gasteiger partial charge in [-0.2, -0.15) is 0 Å². The third kappa shape index (κ3) is 0.901. The first-order valence-electron chi connectivity index (χ1n) is 2.86. The van der Waals surface area contributed by atoms with Gasteiger partial charge in [0.15, 0.2) is 3.77 Å². The highest BCUT2D eigenvalue weighted by Gasteiger charge is 1.98. The molecule has 2 aromatic heterocycles. The van der Waals surface area contributed by atoms with Gasteiger partial charge in [-0.15, -0.1) is 0 Å². The maximum Gasteiger partial charge on any atom is 0.227 e. The van der Waals surface area contributed by atoms with Gasteiger partial charge < -0.3 is 4.42 Å². The van der Waals surface area contributed by atoms with Gasteiger partial charge in [-0.3, -0.25) is 0 Å². The Morgan fingerprint density at radius 1 is 1.50 bits per heavy atom. The standard InChI is InChI=1S/C7H4INO/c8-6-4-5-2-1-3-9-7(5)10-6/h1-4H. The van der Waals surface area contributed by atoms with E-state index in [1.807, 2.05) is 18.2 Å². The van der Waals surface area contributed by atoms with Crippen molar-refractivity contribution in [1.82, 2.24) is 4.98 Å². The van der Waals surface area contributed by atoms with Crippen LogP contribution in [0, 0.1) is 3.77 Å². The molecule has 0 amide bonds. The third-order valence-corrected chi connectivity index (χ3v) is 1.80. The van der Waals surface area contributed by atoms with Crippen LogP contribution in [0.3, 0.4) is 0 Å². The van der Waals surface area contributed by atoms with Crippen LogP contribution in [0.1, 0.15) is 0 Å². The second-order valence-electron chi connectivity index (χ2n) is 1.95. The summed E-state index contributed by atoms with van der Waals surface area (Å²) >= 11 is 2.13. The summed E-state index contributed by atoms with van der Waals surface area (Å²) in [5, 5.41) is 1.06. The lowest BCUT2D eigenvalue weighted by atomic mass is 10.4. The maximum absolute atomic E-state index is 5.24. The van der Waals surface area contributed by atoms with E-state index in [9.17, 15) is 0 Å². The van der Waals surface area contributed by atoms with Crippen molar-refractivity contribution in [3.8, 4) is 0 Å². The monoisotopic (exact) mass is 245 g/mol. The van der Waals surface area contributed by atoms with Crippen LogP contribution in [0.5, 0.6) is 0 Å². The van der Waals surface area contributed by atoms with E-state index in [1.54, 1.807) is 6.20 Å². The summed E-state index contributed by atoms with van der Waals surface area (Å²) in [6.07, 6.45) is 1.72. The van der Waals surface area contributed by atoms with E-state index < -0.39 is 0 Å². The molecule has 0 bridgehead atoms. The minimum Gasteiger partial charge on any atom is -0.432 e. The molecule has 0 atom stereocenters. The first-order valence-corrected chi connectivity index (χ1v) is 3.94. The fourth-order valence-corrected chi connectivity index (χ4v) is 1.39. The van der Waals surface area contributed by atoms with E-state index in [-0.39, 0.29) is 0 Å². The van der Waals surface area contributed by atoms with Crippen LogP contribution in [-0.2, 0) is 0 Å². The summed E-state index contributed by atoms with van der Waals surface area (Å²) < 4.78 is 6.12. The molecular formula is C7H4INO. The first-order chi connectivity index (χ1) is 4.86. The highest BCUT2D eigenvalue weighted by molar-refractivity contribution is 14.1. The molecule has 0 radical (unpaired) electrons. The molecule has 0 aliphatic rings. The quantitative estimate of drug-likeness (QED) is 0.666. The number of furan rings is 1. The van der Waals surface area contributed by atoms with E-state index in [0.717, 1.165) is 9.15 Å². The van der Waals surface area contributed by atoms with E-state index in [1.165, 1.54) is 0 Å². The molecule has 2 aromatic rings. The summed E-state index contributed by atoms with van der Waals surface area (Å²) in [5.41, 5.74) is 0.715. The fourth-order valence-electron chi connectivity index (χ4n) is 0.842. The number of hydrogen-bond donors (Lipinski definition) is 0. The minimum absolute atomic E-state index is 0.715. The van der Waals surface area contributed by atoms with E-state index in [2.05, 4.69) is 27.6 Å². The highest BCUT2D eigenvalue weighted by atomic mass is 127. The lowest BCUT2D eigenvalue weighted by Gasteiger charge is -1.80. The highest BCUT2D eigenvalue weighted by Crippen LogP contribution is 2.17. The second-order valence-corrected chi connectivity index (χ2v) is 3.01. The van der Waals surface area contributed by atoms with Crippen LogP contribution < -0.4 is 0 Å². The Kier molecular flexibility index (Phi) is 1.37. The molecule has 10 heavy (non-hydrogen) atoms. The SMILES string of the molecule is Ic1cc2cccnc2o1. The molecule has 0 aliphatic carbocycles. The molecule has 0 fully saturated rings. The molecule has 0 spiro atoms. The summed E-state index contributed by atoms with van der Waals surface area (Å²) in [6, 6.07) is 5.84. The molecule has 2 nitrogen and oxygen atoms in total. The van der Waals surface area contributed by atoms with Gasteiger partial charge in [0.25, 0.3) is 0 Å². The van der Waals surface area contributed by atoms with Crippen molar-refractivity contribution in [3.63, 3.8) is 0 Å². The Bertz CT molecular complexity index is 322. The summed E-state index contributed by atoms with van der Waals surface area (Å²) in [4.78, 5) is 4.03. The van der Waals surface area contributed by atoms with Gasteiger partial charge in [-0.1, -0.05) is 0 Å². The van der Waals surface area contributed by atoms with Crippen molar-refractivity contribution in [3.05, 3.63) is 28.2 Å². The zero-order valence-corrected chi connectivity index (χ0v) is 7.20. The lowest BCUT2D eigenvalue weighted by Crippen LogP contribution is -1.66. The number of nitrogens with zero attached hydrogens (tertiary/aromatic N) is 1. The van der Waals surface area contributed by atoms with Gasteiger partial charge in [0.1, 0.15) is 0 Å². The van der Waals surface area contributed by atoms with Crippen LogP contribution >= 0.6 is 22.6 Å². The molecule has 2 rings (SSSR count). The first kappa shape index (κ1) is 6.15. The van der Waals surface area contributed by atoms with Gasteiger partial charge in [0.2, 0.25) is 5.71 Å². The van der Waals surface area contributed by atoms with Crippen LogP contribution in [0.25, 0.3) is 11.1 Å². The summed E-state index contributed by atoms with van der Waals surface area (Å²) in [7, 11) is 0. The molecule has 0 saturated carbocycles. The number of pyridine rings is 1. The molecule has 0 N–H and O–H groups in total. The maximum atomic E-state index is 5.24. The van der Waals surface area contributed by atoms with Gasteiger partial charge in [0.05, 0.1) is 0 Å². The van der Waals surface area contributed by atoms with Gasteiger partial charge >= 0.3 is 0 Å². The number of aromatic nitrogens is 1. The number of hydrogen-bond acceptors (Lipinski definition) is 2. The predicted molar refractivity (Wildman–Crippen MR) is 46.7 cm³/mol. The average Bonchev–Trinajstić information content (AvgIpc) is 2.27. The number of fused-ring (bicyclic) bond motifs is 1. The molecular weight excluding hydrogens is 241 g/mol. The number of rotatable bonds is 0. The Balaban J connectivity index is 2.88. The van der Waals surface area contributed by atoms with E-state index >= 15 is 0 Å². The normalized spacial score (nSPS) is 10.5. The zero-order chi connectivity index (χ0) is 6.97. The Morgan fingerprint density at radius 2 is 2.40 bits per heavy atom. The lowest BCUT2D eigenvalue weighted by molar-refractivity contribution is 0.572. The van der Waals surface area contributed by atoms with Crippen molar-refractivity contribution < 1.29 is 4.42 Å². The Morgan fingerprint density at radius 3 is 3.20 bits per heavy atom. The molecule has 0 unspecified atom stereocenters. The Hall–Kier alpha value is -0.580. The third-order valence-electron chi connectivity index (χ3n) is 1.26. The molecule has 2 heterocycles. The molecule has 0 aromatic carbocycles. The topological polar surface area (TPSA) is 26.0 Å². The van der Waals surface area contributed by atoms with Gasteiger partial charge in [0, 0.05) is 11.6 Å². The average molecular weight is 245 g/mol. The van der Waals surface area contributed by atoms with Gasteiger partial charge in [-0.25, -0.2) is 4.98 Å². The van der Waals surface area contributed by atoms with Gasteiger partial charge in [-0.05, 0) is 40.8 Å². The smallest absolute Gasteiger partial charge is 0.227 e. The summed E-state index contributed by atoms with van der Waals surface area (Å²) in [5.74, 6) is 0. The van der Waals surface area contributed by atoms with Crippen molar-refractivity contribution in [2.45, 2.75) is 0 Å². The van der Waals surface area contributed by atoms with Crippen LogP contribution in [-0.4, -0.2) is 4.98 Å². The van der Waals surface area contributed by atoms with Crippen LogP contribution in [0.15, 0.2) is 28.8 Å². The minimum atomic E-state index is 0.715. The number of halogens is 1. The largest absolute Gasteiger partial charge is 0.432 e. The fraction of sp³-hybridized carbons (Fsp3) is 0. The molecule has 3 heteroatoms. The van der Waals surface area contributed by atoms with E-state index in [4.69, 9.17) is 4.42 Å². The zero-order valence-electron chi connectivity index (χ0n) is 5.04. The van der Waals surface area contributed by atoms with Crippen LogP contribution in [0.2, 0.25) is 0 Å². The van der Waals surface area contributed by atoms with Crippen molar-refractivity contribution in [1.29, 1.82) is 0 Å². The molecule has 0 saturated heterocycles. The van der Waals surface area contributed by atoms with E-state index in [0.29, 0.717) is 5.71 Å². The van der Waals surface area contributed by atoms with Crippen molar-refractivity contribution in [2.75, 3.05) is 0 Å². The Labute approximate surface area is 71.4 Å².